The molecular formula is C11H11ClNO3PS. The third-order valence-electron chi connectivity index (χ3n) is 2.34. The van der Waals surface area contributed by atoms with Crippen molar-refractivity contribution >= 4 is 36.2 Å². The van der Waals surface area contributed by atoms with Gasteiger partial charge in [-0.1, -0.05) is 11.6 Å². The lowest BCUT2D eigenvalue weighted by molar-refractivity contribution is 0.363. The maximum Gasteiger partial charge on any atom is 0.352 e. The molecule has 1 aromatic carbocycles. The Bertz CT molecular complexity index is 552. The quantitative estimate of drug-likeness (QED) is 0.753. The van der Waals surface area contributed by atoms with Gasteiger partial charge in [0.05, 0.1) is 0 Å². The molecular weight excluding hydrogens is 293 g/mol. The Morgan fingerprint density at radius 2 is 1.89 bits per heavy atom. The molecule has 96 valence electrons. The van der Waals surface area contributed by atoms with Crippen LogP contribution in [0.5, 0.6) is 0 Å². The number of nitrogens with one attached hydrogen (secondary N) is 1. The molecule has 7 heteroatoms. The van der Waals surface area contributed by atoms with Gasteiger partial charge in [-0.2, -0.15) is 11.3 Å². The minimum absolute atomic E-state index is 0.572. The van der Waals surface area contributed by atoms with E-state index in [2.05, 4.69) is 5.32 Å². The molecule has 1 heterocycles. The molecule has 1 aromatic heterocycles. The topological polar surface area (TPSA) is 69.6 Å². The van der Waals surface area contributed by atoms with Crippen molar-refractivity contribution < 1.29 is 14.4 Å². The molecule has 1 atom stereocenters. The minimum atomic E-state index is -4.28. The van der Waals surface area contributed by atoms with Crippen LogP contribution in [0.3, 0.4) is 0 Å². The summed E-state index contributed by atoms with van der Waals surface area (Å²) in [5.41, 5.74) is 1.18. The van der Waals surface area contributed by atoms with Crippen molar-refractivity contribution in [1.82, 2.24) is 0 Å². The highest BCUT2D eigenvalue weighted by Crippen LogP contribution is 2.52. The first kappa shape index (κ1) is 13.6. The van der Waals surface area contributed by atoms with E-state index in [0.717, 1.165) is 0 Å². The molecule has 4 nitrogen and oxygen atoms in total. The third kappa shape index (κ3) is 3.34. The Balaban J connectivity index is 2.26. The Kier molecular flexibility index (Phi) is 4.10. The molecule has 0 aliphatic rings. The summed E-state index contributed by atoms with van der Waals surface area (Å²) in [7, 11) is -4.28. The van der Waals surface area contributed by atoms with E-state index in [4.69, 9.17) is 11.6 Å². The highest BCUT2D eigenvalue weighted by Gasteiger charge is 2.30. The van der Waals surface area contributed by atoms with E-state index in [9.17, 15) is 14.4 Å². The van der Waals surface area contributed by atoms with E-state index in [0.29, 0.717) is 16.3 Å². The maximum absolute atomic E-state index is 11.5. The minimum Gasteiger partial charge on any atom is -0.368 e. The molecule has 0 saturated carbocycles. The van der Waals surface area contributed by atoms with Crippen LogP contribution < -0.4 is 5.32 Å². The van der Waals surface area contributed by atoms with Crippen LogP contribution in [0.15, 0.2) is 41.1 Å². The second-order valence-corrected chi connectivity index (χ2v) is 6.61. The van der Waals surface area contributed by atoms with Gasteiger partial charge in [-0.15, -0.1) is 0 Å². The van der Waals surface area contributed by atoms with Crippen LogP contribution in [-0.2, 0) is 4.57 Å². The molecule has 0 aliphatic heterocycles. The van der Waals surface area contributed by atoms with Crippen molar-refractivity contribution in [3.63, 3.8) is 0 Å². The SMILES string of the molecule is O=P(O)(O)[C@H](Nc1ccc(Cl)cc1)c1ccsc1. The van der Waals surface area contributed by atoms with Crippen molar-refractivity contribution in [3.8, 4) is 0 Å². The standard InChI is InChI=1S/C11H11ClNO3PS/c12-9-1-3-10(4-2-9)13-11(17(14,15)16)8-5-6-18-7-8/h1-7,11,13H,(H2,14,15,16)/t11-/m0/s1. The third-order valence-corrected chi connectivity index (χ3v) is 4.40. The van der Waals surface area contributed by atoms with E-state index in [1.54, 1.807) is 41.1 Å². The Labute approximate surface area is 113 Å². The predicted molar refractivity (Wildman–Crippen MR) is 74.2 cm³/mol. The average Bonchev–Trinajstić information content (AvgIpc) is 2.80. The number of hydrogen-bond acceptors (Lipinski definition) is 3. The highest BCUT2D eigenvalue weighted by atomic mass is 35.5. The van der Waals surface area contributed by atoms with Gasteiger partial charge in [0.2, 0.25) is 0 Å². The summed E-state index contributed by atoms with van der Waals surface area (Å²) in [6.45, 7) is 0. The first-order valence-corrected chi connectivity index (χ1v) is 8.06. The molecule has 0 bridgehead atoms. The molecule has 0 spiro atoms. The van der Waals surface area contributed by atoms with Crippen LogP contribution in [0.25, 0.3) is 0 Å². The van der Waals surface area contributed by atoms with Crippen molar-refractivity contribution in [1.29, 1.82) is 0 Å². The molecule has 0 unspecified atom stereocenters. The molecule has 3 N–H and O–H groups in total. The zero-order valence-corrected chi connectivity index (χ0v) is 11.6. The van der Waals surface area contributed by atoms with E-state index in [-0.39, 0.29) is 0 Å². The van der Waals surface area contributed by atoms with Crippen molar-refractivity contribution in [2.24, 2.45) is 0 Å². The van der Waals surface area contributed by atoms with Crippen LogP contribution in [0.2, 0.25) is 5.02 Å². The number of halogens is 1. The number of benzene rings is 1. The number of thiophene rings is 1. The smallest absolute Gasteiger partial charge is 0.352 e. The van der Waals surface area contributed by atoms with Crippen molar-refractivity contribution in [3.05, 3.63) is 51.7 Å². The van der Waals surface area contributed by atoms with Crippen LogP contribution in [-0.4, -0.2) is 9.79 Å². The molecule has 0 radical (unpaired) electrons. The fourth-order valence-corrected chi connectivity index (χ4v) is 3.28. The van der Waals surface area contributed by atoms with Crippen LogP contribution >= 0.6 is 30.5 Å². The summed E-state index contributed by atoms with van der Waals surface area (Å²) in [6, 6.07) is 8.37. The van der Waals surface area contributed by atoms with Gasteiger partial charge in [0, 0.05) is 10.7 Å². The zero-order valence-electron chi connectivity index (χ0n) is 9.15. The molecule has 2 aromatic rings. The molecule has 0 saturated heterocycles. The Hall–Kier alpha value is -0.840. The second-order valence-electron chi connectivity index (χ2n) is 3.70. The largest absolute Gasteiger partial charge is 0.368 e. The first-order chi connectivity index (χ1) is 8.47. The molecule has 0 fully saturated rings. The van der Waals surface area contributed by atoms with Gasteiger partial charge in [-0.25, -0.2) is 0 Å². The van der Waals surface area contributed by atoms with Gasteiger partial charge in [0.15, 0.2) is 5.78 Å². The van der Waals surface area contributed by atoms with E-state index < -0.39 is 13.4 Å². The summed E-state index contributed by atoms with van der Waals surface area (Å²) < 4.78 is 11.5. The average molecular weight is 304 g/mol. The molecule has 0 amide bonds. The monoisotopic (exact) mass is 303 g/mol. The highest BCUT2D eigenvalue weighted by molar-refractivity contribution is 7.52. The summed E-state index contributed by atoms with van der Waals surface area (Å²) in [5, 5.41) is 6.90. The summed E-state index contributed by atoms with van der Waals surface area (Å²) >= 11 is 7.15. The van der Waals surface area contributed by atoms with Gasteiger partial charge in [0.25, 0.3) is 0 Å². The van der Waals surface area contributed by atoms with Crippen LogP contribution in [0.4, 0.5) is 5.69 Å². The van der Waals surface area contributed by atoms with Gasteiger partial charge >= 0.3 is 7.60 Å². The van der Waals surface area contributed by atoms with Gasteiger partial charge < -0.3 is 15.1 Å². The zero-order chi connectivity index (χ0) is 13.2. The Morgan fingerprint density at radius 3 is 2.39 bits per heavy atom. The van der Waals surface area contributed by atoms with Crippen LogP contribution in [0, 0.1) is 0 Å². The molecule has 18 heavy (non-hydrogen) atoms. The lowest BCUT2D eigenvalue weighted by Gasteiger charge is -2.20. The van der Waals surface area contributed by atoms with Gasteiger partial charge in [0.1, 0.15) is 0 Å². The Morgan fingerprint density at radius 1 is 1.22 bits per heavy atom. The number of rotatable bonds is 4. The van der Waals surface area contributed by atoms with Crippen LogP contribution in [0.1, 0.15) is 11.3 Å². The number of hydrogen-bond donors (Lipinski definition) is 3. The molecule has 2 rings (SSSR count). The van der Waals surface area contributed by atoms with E-state index >= 15 is 0 Å². The van der Waals surface area contributed by atoms with Gasteiger partial charge in [-0.05, 0) is 46.7 Å². The van der Waals surface area contributed by atoms with Gasteiger partial charge in [-0.3, -0.25) is 4.57 Å². The summed E-state index contributed by atoms with van der Waals surface area (Å²) in [6.07, 6.45) is 0. The number of anilines is 1. The lowest BCUT2D eigenvalue weighted by Crippen LogP contribution is -2.10. The first-order valence-electron chi connectivity index (χ1n) is 5.06. The lowest BCUT2D eigenvalue weighted by atomic mass is 10.3. The summed E-state index contributed by atoms with van der Waals surface area (Å²) in [5.74, 6) is -1.04. The second kappa shape index (κ2) is 5.43. The maximum atomic E-state index is 11.5. The van der Waals surface area contributed by atoms with Crippen molar-refractivity contribution in [2.75, 3.05) is 5.32 Å². The normalized spacial score (nSPS) is 13.3. The predicted octanol–water partition coefficient (Wildman–Crippen LogP) is 3.69. The van der Waals surface area contributed by atoms with E-state index in [1.807, 2.05) is 0 Å². The van der Waals surface area contributed by atoms with E-state index in [1.165, 1.54) is 11.3 Å². The fraction of sp³-hybridized carbons (Fsp3) is 0.0909. The molecule has 0 aliphatic carbocycles. The van der Waals surface area contributed by atoms with Crippen molar-refractivity contribution in [2.45, 2.75) is 5.78 Å². The fourth-order valence-electron chi connectivity index (χ4n) is 1.50. The summed E-state index contributed by atoms with van der Waals surface area (Å²) in [4.78, 5) is 18.8.